The third kappa shape index (κ3) is 11.2. The highest BCUT2D eigenvalue weighted by Gasteiger charge is 2.46. The van der Waals surface area contributed by atoms with Crippen LogP contribution in [-0.4, -0.2) is 100 Å². The molecule has 4 rings (SSSR count). The number of aromatic nitrogens is 2. The quantitative estimate of drug-likeness (QED) is 0.105. The van der Waals surface area contributed by atoms with Gasteiger partial charge in [-0.15, -0.1) is 0 Å². The molecule has 0 spiro atoms. The van der Waals surface area contributed by atoms with E-state index in [0.29, 0.717) is 5.56 Å². The summed E-state index contributed by atoms with van der Waals surface area (Å²) in [4.78, 5) is 46.8. The van der Waals surface area contributed by atoms with E-state index >= 15 is 8.78 Å². The zero-order valence-corrected chi connectivity index (χ0v) is 32.4. The minimum absolute atomic E-state index is 0.0372. The molecule has 1 aliphatic heterocycles. The highest BCUT2D eigenvalue weighted by Crippen LogP contribution is 2.43. The molecule has 12 nitrogen and oxygen atoms in total. The summed E-state index contributed by atoms with van der Waals surface area (Å²) in [5.74, 6) is -4.42. The third-order valence-corrected chi connectivity index (χ3v) is 9.11. The van der Waals surface area contributed by atoms with Gasteiger partial charge in [-0.2, -0.15) is 0 Å². The van der Waals surface area contributed by atoms with Crippen molar-refractivity contribution in [3.63, 3.8) is 0 Å². The van der Waals surface area contributed by atoms with Crippen LogP contribution in [0, 0.1) is 28.8 Å². The number of benzene rings is 2. The molecule has 2 amide bonds. The van der Waals surface area contributed by atoms with Crippen LogP contribution < -0.4 is 4.74 Å². The molecule has 2 aromatic carbocycles. The van der Waals surface area contributed by atoms with Gasteiger partial charge in [0.05, 0.1) is 18.3 Å². The molecular weight excluding hydrogens is 728 g/mol. The number of likely N-dealkylation sites (tertiary alicyclic amines) is 1. The van der Waals surface area contributed by atoms with Gasteiger partial charge in [0.25, 0.3) is 5.91 Å². The Morgan fingerprint density at radius 2 is 1.75 bits per heavy atom. The second-order valence-corrected chi connectivity index (χ2v) is 15.4. The maximum absolute atomic E-state index is 15.9. The van der Waals surface area contributed by atoms with Crippen molar-refractivity contribution < 1.29 is 56.0 Å². The molecule has 0 aliphatic carbocycles. The summed E-state index contributed by atoms with van der Waals surface area (Å²) in [6.07, 6.45) is -2.24. The molecule has 4 atom stereocenters. The number of halogens is 4. The molecule has 0 saturated carbocycles. The maximum Gasteiger partial charge on any atom is 0.410 e. The van der Waals surface area contributed by atoms with E-state index in [4.69, 9.17) is 23.9 Å². The maximum atomic E-state index is 15.9. The van der Waals surface area contributed by atoms with Gasteiger partial charge in [0.1, 0.15) is 40.8 Å². The van der Waals surface area contributed by atoms with E-state index in [1.807, 2.05) is 0 Å². The summed E-state index contributed by atoms with van der Waals surface area (Å²) in [5.41, 5.74) is -1.83. The Morgan fingerprint density at radius 1 is 1.04 bits per heavy atom. The molecule has 16 heteroatoms. The molecule has 1 aliphatic rings. The number of esters is 1. The van der Waals surface area contributed by atoms with Crippen LogP contribution >= 0.6 is 0 Å². The fourth-order valence-electron chi connectivity index (χ4n) is 6.64. The molecule has 0 bridgehead atoms. The molecule has 1 N–H and O–H groups in total. The van der Waals surface area contributed by atoms with Crippen LogP contribution in [0.3, 0.4) is 0 Å². The Kier molecular flexibility index (Phi) is 14.0. The fourth-order valence-corrected chi connectivity index (χ4v) is 6.64. The lowest BCUT2D eigenvalue weighted by molar-refractivity contribution is -0.161. The van der Waals surface area contributed by atoms with Crippen molar-refractivity contribution in [3.8, 4) is 17.0 Å². The Bertz CT molecular complexity index is 1830. The van der Waals surface area contributed by atoms with Crippen LogP contribution in [0.1, 0.15) is 72.3 Å². The predicted molar refractivity (Wildman–Crippen MR) is 193 cm³/mol. The first kappa shape index (κ1) is 43.0. The Morgan fingerprint density at radius 3 is 2.38 bits per heavy atom. The topological polar surface area (TPSA) is 133 Å². The van der Waals surface area contributed by atoms with E-state index in [0.717, 1.165) is 31.2 Å². The summed E-state index contributed by atoms with van der Waals surface area (Å²) >= 11 is 0. The number of rotatable bonds is 15. The van der Waals surface area contributed by atoms with Crippen LogP contribution in [0.25, 0.3) is 11.3 Å². The van der Waals surface area contributed by atoms with Gasteiger partial charge in [0.15, 0.2) is 12.9 Å². The number of carbonyl (C=O) groups is 3. The zero-order chi connectivity index (χ0) is 40.8. The number of carbonyl (C=O) groups excluding carboxylic acids is 3. The van der Waals surface area contributed by atoms with E-state index in [1.54, 1.807) is 40.7 Å². The number of alkyl halides is 1. The molecular formula is C39H50F4N4O8. The molecule has 0 radical (unpaired) electrons. The number of hydrogen-bond acceptors (Lipinski definition) is 9. The SMILES string of the molecule is COCOc1cc(F)cc(Cn2cc(-c3cc(F)ccc3F)nc2[C@H](N(CC2CN(C(=O)OC(C)(C)C)CC2F)C(=O)[C@H](C)OC(C)=O)C(C)(C)CCO)c1. The van der Waals surface area contributed by atoms with Gasteiger partial charge in [0, 0.05) is 64.0 Å². The number of ether oxygens (including phenoxy) is 4. The fraction of sp³-hybridized carbons (Fsp3) is 0.538. The number of nitrogens with zero attached hydrogens (tertiary/aromatic N) is 4. The molecule has 1 aromatic heterocycles. The predicted octanol–water partition coefficient (Wildman–Crippen LogP) is 6.43. The van der Waals surface area contributed by atoms with Gasteiger partial charge >= 0.3 is 12.1 Å². The average Bonchev–Trinajstić information content (AvgIpc) is 3.65. The van der Waals surface area contributed by atoms with Gasteiger partial charge in [-0.1, -0.05) is 13.8 Å². The van der Waals surface area contributed by atoms with Gasteiger partial charge in [-0.3, -0.25) is 9.59 Å². The summed E-state index contributed by atoms with van der Waals surface area (Å²) in [5, 5.41) is 10.3. The number of hydrogen-bond donors (Lipinski definition) is 1. The van der Waals surface area contributed by atoms with Crippen LogP contribution in [0.15, 0.2) is 42.6 Å². The summed E-state index contributed by atoms with van der Waals surface area (Å²) in [6.45, 7) is 9.58. The lowest BCUT2D eigenvalue weighted by atomic mass is 9.79. The monoisotopic (exact) mass is 778 g/mol. The van der Waals surface area contributed by atoms with Crippen molar-refractivity contribution in [2.45, 2.75) is 85.4 Å². The van der Waals surface area contributed by atoms with E-state index in [-0.39, 0.29) is 68.8 Å². The standard InChI is InChI=1S/C39H50F4N4O8/c1-23(54-24(2)49)36(50)47(19-26-18-46(20-32(26)43)37(51)55-38(3,4)5)34(39(6,7)11-12-48)35-44-33(30-16-27(40)9-10-31(30)42)21-45(35)17-25-13-28(41)15-29(14-25)53-22-52-8/h9-10,13-16,21,23,26,32,34,48H,11-12,17-20,22H2,1-8H3/t23-,26?,32?,34-/m0/s1. The first-order chi connectivity index (χ1) is 25.7. The first-order valence-corrected chi connectivity index (χ1v) is 17.9. The number of aliphatic hydroxyl groups excluding tert-OH is 1. The van der Waals surface area contributed by atoms with Crippen LogP contribution in [0.2, 0.25) is 0 Å². The van der Waals surface area contributed by atoms with Gasteiger partial charge in [-0.25, -0.2) is 27.3 Å². The average molecular weight is 779 g/mol. The number of aliphatic hydroxyl groups is 1. The van der Waals surface area contributed by atoms with Crippen molar-refractivity contribution >= 4 is 18.0 Å². The molecule has 302 valence electrons. The van der Waals surface area contributed by atoms with Gasteiger partial charge in [0.2, 0.25) is 0 Å². The molecule has 2 unspecified atom stereocenters. The minimum atomic E-state index is -1.61. The Balaban J connectivity index is 1.93. The van der Waals surface area contributed by atoms with Crippen molar-refractivity contribution in [1.82, 2.24) is 19.4 Å². The van der Waals surface area contributed by atoms with Gasteiger partial charge < -0.3 is 38.4 Å². The lowest BCUT2D eigenvalue weighted by Crippen LogP contribution is -2.50. The van der Waals surface area contributed by atoms with E-state index in [2.05, 4.69) is 0 Å². The highest BCUT2D eigenvalue weighted by molar-refractivity contribution is 5.83. The van der Waals surface area contributed by atoms with E-state index in [1.165, 1.54) is 40.7 Å². The van der Waals surface area contributed by atoms with E-state index in [9.17, 15) is 28.3 Å². The number of imidazole rings is 1. The van der Waals surface area contributed by atoms with Crippen molar-refractivity contribution in [1.29, 1.82) is 0 Å². The van der Waals surface area contributed by atoms with Gasteiger partial charge in [-0.05, 0) is 75.4 Å². The van der Waals surface area contributed by atoms with Crippen molar-refractivity contribution in [2.75, 3.05) is 40.1 Å². The minimum Gasteiger partial charge on any atom is -0.467 e. The molecule has 3 aromatic rings. The molecule has 1 fully saturated rings. The largest absolute Gasteiger partial charge is 0.467 e. The summed E-state index contributed by atoms with van der Waals surface area (Å²) in [6, 6.07) is 5.62. The number of methoxy groups -OCH3 is 1. The normalized spacial score (nSPS) is 17.1. The van der Waals surface area contributed by atoms with Crippen molar-refractivity contribution in [2.24, 2.45) is 11.3 Å². The zero-order valence-electron chi connectivity index (χ0n) is 32.4. The molecule has 55 heavy (non-hydrogen) atoms. The summed E-state index contributed by atoms with van der Waals surface area (Å²) in [7, 11) is 1.40. The second kappa shape index (κ2) is 17.8. The van der Waals surface area contributed by atoms with Crippen LogP contribution in [-0.2, 0) is 30.3 Å². The Hall–Kier alpha value is -4.70. The molecule has 2 heterocycles. The summed E-state index contributed by atoms with van der Waals surface area (Å²) < 4.78 is 83.4. The van der Waals surface area contributed by atoms with Crippen molar-refractivity contribution in [3.05, 3.63) is 71.4 Å². The first-order valence-electron chi connectivity index (χ1n) is 17.9. The Labute approximate surface area is 318 Å². The highest BCUT2D eigenvalue weighted by atomic mass is 19.1. The lowest BCUT2D eigenvalue weighted by Gasteiger charge is -2.43. The smallest absolute Gasteiger partial charge is 0.410 e. The third-order valence-electron chi connectivity index (χ3n) is 9.11. The second-order valence-electron chi connectivity index (χ2n) is 15.4. The van der Waals surface area contributed by atoms with Crippen LogP contribution in [0.4, 0.5) is 22.4 Å². The van der Waals surface area contributed by atoms with Crippen LogP contribution in [0.5, 0.6) is 5.75 Å². The molecule has 1 saturated heterocycles. The number of amides is 2. The van der Waals surface area contributed by atoms with E-state index < -0.39 is 70.7 Å².